The number of nitrogens with zero attached hydrogens (tertiary/aromatic N) is 5. The van der Waals surface area contributed by atoms with Gasteiger partial charge in [0.25, 0.3) is 5.91 Å². The molecule has 3 aromatic rings. The quantitative estimate of drug-likeness (QED) is 0.325. The molecule has 36 heavy (non-hydrogen) atoms. The molecular formula is C25H22F5N5O. The zero-order valence-corrected chi connectivity index (χ0v) is 19.1. The van der Waals surface area contributed by atoms with E-state index < -0.39 is 24.6 Å². The van der Waals surface area contributed by atoms with Crippen LogP contribution in [0.5, 0.6) is 0 Å². The maximum atomic E-state index is 13.7. The number of aromatic nitrogens is 4. The summed E-state index contributed by atoms with van der Waals surface area (Å²) in [6, 6.07) is 1.85. The minimum Gasteiger partial charge on any atom is -0.345 e. The Balaban J connectivity index is 1.54. The average molecular weight is 503 g/mol. The van der Waals surface area contributed by atoms with Crippen LogP contribution in [0.1, 0.15) is 31.2 Å². The largest absolute Gasteiger partial charge is 0.408 e. The fraction of sp³-hybridized carbons (Fsp3) is 0.360. The summed E-state index contributed by atoms with van der Waals surface area (Å²) in [5.74, 6) is -3.05. The summed E-state index contributed by atoms with van der Waals surface area (Å²) in [4.78, 5) is 20.1. The number of rotatable bonds is 5. The number of carbonyl (C=O) groups is 1. The van der Waals surface area contributed by atoms with E-state index in [0.29, 0.717) is 52.7 Å². The second-order valence-electron chi connectivity index (χ2n) is 9.32. The van der Waals surface area contributed by atoms with Crippen LogP contribution in [0.25, 0.3) is 27.7 Å². The van der Waals surface area contributed by atoms with Crippen molar-refractivity contribution in [2.24, 2.45) is 10.9 Å². The molecule has 0 bridgehead atoms. The lowest BCUT2D eigenvalue weighted by molar-refractivity contribution is -0.142. The fourth-order valence-electron chi connectivity index (χ4n) is 4.68. The predicted molar refractivity (Wildman–Crippen MR) is 125 cm³/mol. The van der Waals surface area contributed by atoms with Crippen molar-refractivity contribution in [3.63, 3.8) is 0 Å². The molecule has 3 aromatic heterocycles. The van der Waals surface area contributed by atoms with Gasteiger partial charge in [-0.1, -0.05) is 6.58 Å². The molecule has 2 aliphatic rings. The first kappa shape index (κ1) is 24.1. The number of fused-ring (bicyclic) bond motifs is 1. The second kappa shape index (κ2) is 8.79. The highest BCUT2D eigenvalue weighted by molar-refractivity contribution is 6.21. The van der Waals surface area contributed by atoms with E-state index in [-0.39, 0.29) is 24.3 Å². The van der Waals surface area contributed by atoms with Gasteiger partial charge in [0.15, 0.2) is 0 Å². The fourth-order valence-corrected chi connectivity index (χ4v) is 4.68. The van der Waals surface area contributed by atoms with Gasteiger partial charge in [0.2, 0.25) is 5.92 Å². The third-order valence-electron chi connectivity index (χ3n) is 6.55. The third kappa shape index (κ3) is 5.00. The number of aliphatic imine (C=N–C) groups is 1. The lowest BCUT2D eigenvalue weighted by Gasteiger charge is -2.28. The second-order valence-corrected chi connectivity index (χ2v) is 9.32. The van der Waals surface area contributed by atoms with Crippen LogP contribution >= 0.6 is 0 Å². The standard InChI is InChI=1S/C25H22F5N5O/c1-15-6-17(9-32-23(15)36)18-7-21-22(31-8-18)20(19-10-33-35(12-19)14-25(28,29)30)13-34(21)11-16-2-4-24(26,27)5-3-16/h6-10,12-13,16H,1-5,11,14H2. The zero-order valence-electron chi connectivity index (χ0n) is 19.1. The molecule has 1 saturated carbocycles. The first-order valence-corrected chi connectivity index (χ1v) is 11.4. The van der Waals surface area contributed by atoms with E-state index in [0.717, 1.165) is 4.68 Å². The van der Waals surface area contributed by atoms with E-state index in [1.54, 1.807) is 18.5 Å². The van der Waals surface area contributed by atoms with Crippen LogP contribution < -0.4 is 0 Å². The van der Waals surface area contributed by atoms with Gasteiger partial charge < -0.3 is 4.57 Å². The number of hydrogen-bond donors (Lipinski definition) is 0. The molecule has 1 aliphatic heterocycles. The van der Waals surface area contributed by atoms with E-state index in [9.17, 15) is 26.7 Å². The topological polar surface area (TPSA) is 65.1 Å². The van der Waals surface area contributed by atoms with Crippen molar-refractivity contribution in [3.8, 4) is 11.1 Å². The highest BCUT2D eigenvalue weighted by Gasteiger charge is 2.35. The van der Waals surface area contributed by atoms with Gasteiger partial charge >= 0.3 is 6.18 Å². The Morgan fingerprint density at radius 1 is 1.11 bits per heavy atom. The van der Waals surface area contributed by atoms with Crippen molar-refractivity contribution in [1.29, 1.82) is 0 Å². The number of carbonyl (C=O) groups excluding carboxylic acids is 1. The SMILES string of the molecule is C=C1C=C(c2cnc3c(-c4cnn(CC(F)(F)F)c4)cn(CC4CCC(F)(F)CC4)c3c2)C=NC1=O. The molecule has 188 valence electrons. The number of alkyl halides is 5. The van der Waals surface area contributed by atoms with Gasteiger partial charge in [0.05, 0.1) is 17.2 Å². The number of dihydropyridines is 1. The van der Waals surface area contributed by atoms with Crippen LogP contribution in [-0.2, 0) is 17.9 Å². The Labute approximate surface area is 202 Å². The van der Waals surface area contributed by atoms with Gasteiger partial charge in [-0.05, 0) is 30.9 Å². The van der Waals surface area contributed by atoms with Gasteiger partial charge in [0.1, 0.15) is 6.54 Å². The number of halogens is 5. The van der Waals surface area contributed by atoms with Gasteiger partial charge in [0, 0.05) is 72.0 Å². The van der Waals surface area contributed by atoms with Crippen molar-refractivity contribution in [1.82, 2.24) is 19.3 Å². The van der Waals surface area contributed by atoms with Gasteiger partial charge in [-0.2, -0.15) is 18.3 Å². The van der Waals surface area contributed by atoms with Crippen LogP contribution in [-0.4, -0.2) is 43.6 Å². The molecule has 11 heteroatoms. The van der Waals surface area contributed by atoms with Crippen LogP contribution in [0.4, 0.5) is 22.0 Å². The van der Waals surface area contributed by atoms with Crippen LogP contribution in [0.2, 0.25) is 0 Å². The average Bonchev–Trinajstić information content (AvgIpc) is 3.40. The Hall–Kier alpha value is -3.63. The summed E-state index contributed by atoms with van der Waals surface area (Å²) in [6.45, 7) is 2.95. The molecule has 1 fully saturated rings. The maximum Gasteiger partial charge on any atom is 0.408 e. The molecule has 1 aliphatic carbocycles. The summed E-state index contributed by atoms with van der Waals surface area (Å²) >= 11 is 0. The van der Waals surface area contributed by atoms with Crippen molar-refractivity contribution in [2.75, 3.05) is 0 Å². The molecule has 0 radical (unpaired) electrons. The Morgan fingerprint density at radius 3 is 2.56 bits per heavy atom. The lowest BCUT2D eigenvalue weighted by atomic mass is 9.87. The summed E-state index contributed by atoms with van der Waals surface area (Å²) in [5, 5.41) is 3.84. The molecular weight excluding hydrogens is 481 g/mol. The summed E-state index contributed by atoms with van der Waals surface area (Å²) in [6.07, 6.45) is 5.09. The molecule has 0 saturated heterocycles. The number of amides is 1. The molecule has 0 unspecified atom stereocenters. The van der Waals surface area contributed by atoms with Crippen molar-refractivity contribution in [2.45, 2.75) is 50.9 Å². The normalized spacial score (nSPS) is 18.8. The minimum absolute atomic E-state index is 0.0255. The zero-order chi connectivity index (χ0) is 25.7. The van der Waals surface area contributed by atoms with E-state index in [2.05, 4.69) is 21.7 Å². The molecule has 4 heterocycles. The van der Waals surface area contributed by atoms with Crippen LogP contribution in [0, 0.1) is 5.92 Å². The molecule has 0 atom stereocenters. The molecule has 1 amide bonds. The van der Waals surface area contributed by atoms with Crippen molar-refractivity contribution >= 4 is 28.7 Å². The Morgan fingerprint density at radius 2 is 1.86 bits per heavy atom. The Kier molecular flexibility index (Phi) is 5.88. The smallest absolute Gasteiger partial charge is 0.345 e. The van der Waals surface area contributed by atoms with Crippen molar-refractivity contribution in [3.05, 3.63) is 54.6 Å². The number of pyridine rings is 1. The molecule has 0 spiro atoms. The van der Waals surface area contributed by atoms with Crippen LogP contribution in [0.15, 0.2) is 54.1 Å². The van der Waals surface area contributed by atoms with Gasteiger partial charge in [-0.25, -0.2) is 13.8 Å². The highest BCUT2D eigenvalue weighted by atomic mass is 19.4. The van der Waals surface area contributed by atoms with E-state index in [1.165, 1.54) is 18.6 Å². The minimum atomic E-state index is -4.41. The Bertz CT molecular complexity index is 1400. The highest BCUT2D eigenvalue weighted by Crippen LogP contribution is 2.38. The first-order valence-electron chi connectivity index (χ1n) is 11.4. The van der Waals surface area contributed by atoms with E-state index >= 15 is 0 Å². The lowest BCUT2D eigenvalue weighted by Crippen LogP contribution is -2.26. The van der Waals surface area contributed by atoms with Crippen molar-refractivity contribution < 1.29 is 26.7 Å². The molecule has 5 rings (SSSR count). The summed E-state index contributed by atoms with van der Waals surface area (Å²) in [5.41, 5.74) is 3.86. The van der Waals surface area contributed by atoms with Crippen LogP contribution in [0.3, 0.4) is 0 Å². The molecule has 6 nitrogen and oxygen atoms in total. The summed E-state index contributed by atoms with van der Waals surface area (Å²) in [7, 11) is 0. The third-order valence-corrected chi connectivity index (χ3v) is 6.55. The first-order chi connectivity index (χ1) is 17.0. The van der Waals surface area contributed by atoms with Gasteiger partial charge in [-0.15, -0.1) is 0 Å². The number of allylic oxidation sites excluding steroid dienone is 1. The summed E-state index contributed by atoms with van der Waals surface area (Å²) < 4.78 is 68.6. The van der Waals surface area contributed by atoms with E-state index in [4.69, 9.17) is 0 Å². The maximum absolute atomic E-state index is 13.7. The predicted octanol–water partition coefficient (Wildman–Crippen LogP) is 5.84. The molecule has 0 N–H and O–H groups in total. The van der Waals surface area contributed by atoms with Gasteiger partial charge in [-0.3, -0.25) is 14.5 Å². The molecule has 0 aromatic carbocycles. The van der Waals surface area contributed by atoms with E-state index in [1.807, 2.05) is 10.6 Å². The number of hydrogen-bond acceptors (Lipinski definition) is 3. The monoisotopic (exact) mass is 503 g/mol.